The van der Waals surface area contributed by atoms with E-state index in [2.05, 4.69) is 28.2 Å². The van der Waals surface area contributed by atoms with Gasteiger partial charge in [0, 0.05) is 18.2 Å². The van der Waals surface area contributed by atoms with Crippen molar-refractivity contribution in [2.45, 2.75) is 38.3 Å². The third-order valence-corrected chi connectivity index (χ3v) is 3.88. The summed E-state index contributed by atoms with van der Waals surface area (Å²) in [5.74, 6) is -0.569. The van der Waals surface area contributed by atoms with Crippen LogP contribution >= 0.6 is 15.9 Å². The molecule has 0 unspecified atom stereocenters. The third kappa shape index (κ3) is 3.46. The molecule has 1 aromatic carbocycles. The summed E-state index contributed by atoms with van der Waals surface area (Å²) in [4.78, 5) is 10.4. The van der Waals surface area contributed by atoms with Crippen LogP contribution in [0.2, 0.25) is 0 Å². The molecule has 0 heterocycles. The Labute approximate surface area is 124 Å². The highest BCUT2D eigenvalue weighted by molar-refractivity contribution is 9.10. The summed E-state index contributed by atoms with van der Waals surface area (Å²) in [6.07, 6.45) is 2.54. The molecule has 110 valence electrons. The minimum atomic E-state index is -0.564. The molecule has 1 aliphatic rings. The largest absolute Gasteiger partial charge is 0.483 e. The summed E-state index contributed by atoms with van der Waals surface area (Å²) in [6.45, 7) is 3.04. The van der Waals surface area contributed by atoms with Gasteiger partial charge >= 0.3 is 5.69 Å². The van der Waals surface area contributed by atoms with Crippen LogP contribution in [0.5, 0.6) is 5.75 Å². The van der Waals surface area contributed by atoms with Crippen molar-refractivity contribution in [3.05, 3.63) is 32.5 Å². The van der Waals surface area contributed by atoms with Crippen LogP contribution in [0.4, 0.5) is 10.1 Å². The molecule has 2 rings (SSSR count). The quantitative estimate of drug-likeness (QED) is 0.633. The second-order valence-electron chi connectivity index (χ2n) is 4.85. The van der Waals surface area contributed by atoms with Crippen molar-refractivity contribution in [1.82, 2.24) is 5.32 Å². The average Bonchev–Trinajstić information content (AvgIpc) is 2.35. The lowest BCUT2D eigenvalue weighted by atomic mass is 9.89. The van der Waals surface area contributed by atoms with Crippen LogP contribution in [0.1, 0.15) is 26.2 Å². The van der Waals surface area contributed by atoms with E-state index in [9.17, 15) is 14.5 Å². The van der Waals surface area contributed by atoms with Gasteiger partial charge in [-0.05, 0) is 41.7 Å². The maximum absolute atomic E-state index is 13.5. The maximum atomic E-state index is 13.5. The van der Waals surface area contributed by atoms with Gasteiger partial charge in [0.25, 0.3) is 0 Å². The van der Waals surface area contributed by atoms with Crippen LogP contribution in [0.15, 0.2) is 16.6 Å². The fourth-order valence-corrected chi connectivity index (χ4v) is 2.44. The molecular formula is C13H16BrFN2O3. The number of hydrogen-bond donors (Lipinski definition) is 1. The zero-order chi connectivity index (χ0) is 14.7. The van der Waals surface area contributed by atoms with Gasteiger partial charge in [-0.3, -0.25) is 10.1 Å². The molecule has 1 saturated carbocycles. The molecule has 0 aliphatic heterocycles. The van der Waals surface area contributed by atoms with E-state index >= 15 is 0 Å². The second kappa shape index (κ2) is 6.49. The standard InChI is InChI=1S/C13H16BrFN2O3/c1-2-3-16-8-4-9(5-8)20-13-7-11(15)10(14)6-12(13)17(18)19/h6-9,16H,2-5H2,1H3. The van der Waals surface area contributed by atoms with Crippen LogP contribution in [0, 0.1) is 15.9 Å². The summed E-state index contributed by atoms with van der Waals surface area (Å²) in [6, 6.07) is 2.59. The number of ether oxygens (including phenoxy) is 1. The van der Waals surface area contributed by atoms with E-state index in [1.165, 1.54) is 0 Å². The zero-order valence-corrected chi connectivity index (χ0v) is 12.7. The lowest BCUT2D eigenvalue weighted by Crippen LogP contribution is -2.47. The van der Waals surface area contributed by atoms with E-state index < -0.39 is 10.7 Å². The number of rotatable bonds is 6. The zero-order valence-electron chi connectivity index (χ0n) is 11.1. The van der Waals surface area contributed by atoms with Crippen molar-refractivity contribution < 1.29 is 14.1 Å². The van der Waals surface area contributed by atoms with Gasteiger partial charge in [0.05, 0.1) is 9.40 Å². The molecule has 5 nitrogen and oxygen atoms in total. The molecule has 1 aliphatic carbocycles. The molecule has 1 aromatic rings. The van der Waals surface area contributed by atoms with Gasteiger partial charge < -0.3 is 10.1 Å². The molecule has 0 bridgehead atoms. The number of halogens is 2. The molecule has 0 amide bonds. The van der Waals surface area contributed by atoms with E-state index in [0.717, 1.165) is 37.9 Å². The van der Waals surface area contributed by atoms with Crippen LogP contribution in [-0.4, -0.2) is 23.6 Å². The first-order valence-electron chi connectivity index (χ1n) is 6.54. The first-order chi connectivity index (χ1) is 9.51. The summed E-state index contributed by atoms with van der Waals surface area (Å²) in [7, 11) is 0. The van der Waals surface area contributed by atoms with Gasteiger partial charge in [-0.25, -0.2) is 4.39 Å². The summed E-state index contributed by atoms with van der Waals surface area (Å²) in [5, 5.41) is 14.3. The lowest BCUT2D eigenvalue weighted by Gasteiger charge is -2.35. The van der Waals surface area contributed by atoms with E-state index in [1.807, 2.05) is 0 Å². The fraction of sp³-hybridized carbons (Fsp3) is 0.538. The molecular weight excluding hydrogens is 331 g/mol. The van der Waals surface area contributed by atoms with Gasteiger partial charge in [-0.1, -0.05) is 6.92 Å². The van der Waals surface area contributed by atoms with Crippen LogP contribution in [0.3, 0.4) is 0 Å². The molecule has 7 heteroatoms. The SMILES string of the molecule is CCCNC1CC(Oc2cc(F)c(Br)cc2[N+](=O)[O-])C1. The van der Waals surface area contributed by atoms with Crippen molar-refractivity contribution in [2.75, 3.05) is 6.54 Å². The Balaban J connectivity index is 2.00. The highest BCUT2D eigenvalue weighted by Gasteiger charge is 2.32. The highest BCUT2D eigenvalue weighted by atomic mass is 79.9. The molecule has 0 atom stereocenters. The summed E-state index contributed by atoms with van der Waals surface area (Å²) < 4.78 is 19.1. The Kier molecular flexibility index (Phi) is 4.93. The van der Waals surface area contributed by atoms with Crippen LogP contribution in [0.25, 0.3) is 0 Å². The summed E-state index contributed by atoms with van der Waals surface area (Å²) in [5.41, 5.74) is -0.219. The lowest BCUT2D eigenvalue weighted by molar-refractivity contribution is -0.386. The minimum absolute atomic E-state index is 0.00496. The second-order valence-corrected chi connectivity index (χ2v) is 5.71. The van der Waals surface area contributed by atoms with Crippen molar-refractivity contribution >= 4 is 21.6 Å². The number of nitro groups is 1. The molecule has 0 aromatic heterocycles. The summed E-state index contributed by atoms with van der Waals surface area (Å²) >= 11 is 2.94. The smallest absolute Gasteiger partial charge is 0.312 e. The van der Waals surface area contributed by atoms with Crippen molar-refractivity contribution in [2.24, 2.45) is 0 Å². The Morgan fingerprint density at radius 2 is 2.25 bits per heavy atom. The van der Waals surface area contributed by atoms with Gasteiger partial charge in [-0.15, -0.1) is 0 Å². The number of benzene rings is 1. The van der Waals surface area contributed by atoms with Crippen LogP contribution < -0.4 is 10.1 Å². The number of nitrogens with one attached hydrogen (secondary N) is 1. The predicted octanol–water partition coefficient (Wildman–Crippen LogP) is 3.41. The number of hydrogen-bond acceptors (Lipinski definition) is 4. The maximum Gasteiger partial charge on any atom is 0.312 e. The Morgan fingerprint density at radius 3 is 2.85 bits per heavy atom. The van der Waals surface area contributed by atoms with Crippen LogP contribution in [-0.2, 0) is 0 Å². The molecule has 1 N–H and O–H groups in total. The Morgan fingerprint density at radius 1 is 1.55 bits per heavy atom. The third-order valence-electron chi connectivity index (χ3n) is 3.27. The monoisotopic (exact) mass is 346 g/mol. The van der Waals surface area contributed by atoms with Gasteiger partial charge in [0.15, 0.2) is 5.75 Å². The molecule has 1 fully saturated rings. The topological polar surface area (TPSA) is 64.4 Å². The Bertz CT molecular complexity index is 507. The minimum Gasteiger partial charge on any atom is -0.483 e. The number of nitro benzene ring substituents is 1. The van der Waals surface area contributed by atoms with E-state index in [4.69, 9.17) is 4.74 Å². The fourth-order valence-electron chi connectivity index (χ4n) is 2.11. The first-order valence-corrected chi connectivity index (χ1v) is 7.34. The van der Waals surface area contributed by atoms with Gasteiger partial charge in [-0.2, -0.15) is 0 Å². The van der Waals surface area contributed by atoms with Gasteiger partial charge in [0.2, 0.25) is 0 Å². The number of nitrogens with zero attached hydrogens (tertiary/aromatic N) is 1. The molecule has 0 radical (unpaired) electrons. The molecule has 20 heavy (non-hydrogen) atoms. The molecule has 0 saturated heterocycles. The van der Waals surface area contributed by atoms with Crippen molar-refractivity contribution in [3.63, 3.8) is 0 Å². The van der Waals surface area contributed by atoms with Crippen molar-refractivity contribution in [3.8, 4) is 5.75 Å². The molecule has 0 spiro atoms. The van der Waals surface area contributed by atoms with E-state index in [1.54, 1.807) is 0 Å². The average molecular weight is 347 g/mol. The van der Waals surface area contributed by atoms with E-state index in [0.29, 0.717) is 6.04 Å². The van der Waals surface area contributed by atoms with Gasteiger partial charge in [0.1, 0.15) is 11.9 Å². The van der Waals surface area contributed by atoms with Crippen molar-refractivity contribution in [1.29, 1.82) is 0 Å². The first kappa shape index (κ1) is 15.2. The Hall–Kier alpha value is -1.21. The highest BCUT2D eigenvalue weighted by Crippen LogP contribution is 2.35. The normalized spacial score (nSPS) is 21.4. The predicted molar refractivity (Wildman–Crippen MR) is 76.5 cm³/mol. The van der Waals surface area contributed by atoms with E-state index in [-0.39, 0.29) is 22.0 Å².